The van der Waals surface area contributed by atoms with E-state index in [1.807, 2.05) is 31.2 Å². The van der Waals surface area contributed by atoms with Crippen molar-refractivity contribution in [2.75, 3.05) is 13.6 Å². The van der Waals surface area contributed by atoms with Gasteiger partial charge in [0, 0.05) is 24.1 Å². The molecule has 17 heavy (non-hydrogen) atoms. The number of amides is 1. The molecule has 5 heteroatoms. The molecule has 1 aromatic rings. The van der Waals surface area contributed by atoms with E-state index in [-0.39, 0.29) is 24.4 Å². The Hall–Kier alpha value is -0.580. The van der Waals surface area contributed by atoms with Gasteiger partial charge in [-0.2, -0.15) is 0 Å². The molecule has 0 aliphatic heterocycles. The Balaban J connectivity index is 0.00000256. The van der Waals surface area contributed by atoms with E-state index in [0.29, 0.717) is 13.0 Å². The molecule has 0 bridgehead atoms. The predicted octanol–water partition coefficient (Wildman–Crippen LogP) is 2.22. The molecule has 0 aliphatic rings. The SMILES string of the molecule is CC(CN)N(C)C(=O)Cc1ccccc1Br.Cl. The first kappa shape index (κ1) is 16.4. The lowest BCUT2D eigenvalue weighted by atomic mass is 10.1. The van der Waals surface area contributed by atoms with Crippen LogP contribution >= 0.6 is 28.3 Å². The van der Waals surface area contributed by atoms with Crippen LogP contribution in [-0.2, 0) is 11.2 Å². The molecule has 96 valence electrons. The highest BCUT2D eigenvalue weighted by atomic mass is 79.9. The summed E-state index contributed by atoms with van der Waals surface area (Å²) in [5, 5.41) is 0. The Bertz CT molecular complexity index is 373. The maximum Gasteiger partial charge on any atom is 0.227 e. The quantitative estimate of drug-likeness (QED) is 0.924. The van der Waals surface area contributed by atoms with Crippen LogP contribution in [-0.4, -0.2) is 30.4 Å². The minimum Gasteiger partial charge on any atom is -0.341 e. The van der Waals surface area contributed by atoms with Crippen molar-refractivity contribution >= 4 is 34.2 Å². The van der Waals surface area contributed by atoms with Crippen LogP contribution in [0.4, 0.5) is 0 Å². The van der Waals surface area contributed by atoms with Crippen LogP contribution in [0.25, 0.3) is 0 Å². The minimum atomic E-state index is 0. The third-order valence-corrected chi connectivity index (χ3v) is 3.47. The Kier molecular flexibility index (Phi) is 7.43. The van der Waals surface area contributed by atoms with Crippen LogP contribution in [0.3, 0.4) is 0 Å². The van der Waals surface area contributed by atoms with Crippen molar-refractivity contribution in [3.8, 4) is 0 Å². The average Bonchev–Trinajstić information content (AvgIpc) is 2.30. The molecule has 1 unspecified atom stereocenters. The van der Waals surface area contributed by atoms with Gasteiger partial charge >= 0.3 is 0 Å². The summed E-state index contributed by atoms with van der Waals surface area (Å²) in [6.45, 7) is 2.43. The molecule has 1 atom stereocenters. The van der Waals surface area contributed by atoms with Gasteiger partial charge in [0.25, 0.3) is 0 Å². The van der Waals surface area contributed by atoms with Crippen molar-refractivity contribution in [2.24, 2.45) is 5.73 Å². The van der Waals surface area contributed by atoms with Crippen LogP contribution in [0.5, 0.6) is 0 Å². The van der Waals surface area contributed by atoms with Crippen molar-refractivity contribution < 1.29 is 4.79 Å². The normalized spacial score (nSPS) is 11.5. The molecule has 1 rings (SSSR count). The summed E-state index contributed by atoms with van der Waals surface area (Å²) in [6, 6.07) is 7.83. The summed E-state index contributed by atoms with van der Waals surface area (Å²) in [5.74, 6) is 0.0878. The number of hydrogen-bond donors (Lipinski definition) is 1. The second-order valence-corrected chi connectivity index (χ2v) is 4.71. The zero-order valence-electron chi connectivity index (χ0n) is 10.0. The standard InChI is InChI=1S/C12H17BrN2O.ClH/c1-9(8-14)15(2)12(16)7-10-5-3-4-6-11(10)13;/h3-6,9H,7-8,14H2,1-2H3;1H. The highest BCUT2D eigenvalue weighted by Gasteiger charge is 2.15. The number of carbonyl (C=O) groups excluding carboxylic acids is 1. The van der Waals surface area contributed by atoms with E-state index >= 15 is 0 Å². The number of rotatable bonds is 4. The van der Waals surface area contributed by atoms with Gasteiger partial charge in [0.1, 0.15) is 0 Å². The van der Waals surface area contributed by atoms with E-state index < -0.39 is 0 Å². The van der Waals surface area contributed by atoms with Gasteiger partial charge in [-0.05, 0) is 18.6 Å². The zero-order valence-corrected chi connectivity index (χ0v) is 12.4. The predicted molar refractivity (Wildman–Crippen MR) is 76.4 cm³/mol. The maximum absolute atomic E-state index is 11.9. The van der Waals surface area contributed by atoms with Gasteiger partial charge in [-0.25, -0.2) is 0 Å². The first-order valence-corrected chi connectivity index (χ1v) is 6.04. The van der Waals surface area contributed by atoms with Gasteiger partial charge in [-0.15, -0.1) is 12.4 Å². The Morgan fingerprint density at radius 3 is 2.59 bits per heavy atom. The summed E-state index contributed by atoms with van der Waals surface area (Å²) in [6.07, 6.45) is 0.405. The van der Waals surface area contributed by atoms with Gasteiger partial charge in [0.15, 0.2) is 0 Å². The molecule has 0 aliphatic carbocycles. The fraction of sp³-hybridized carbons (Fsp3) is 0.417. The first-order chi connectivity index (χ1) is 7.56. The number of benzene rings is 1. The largest absolute Gasteiger partial charge is 0.341 e. The average molecular weight is 322 g/mol. The fourth-order valence-electron chi connectivity index (χ4n) is 1.33. The van der Waals surface area contributed by atoms with Gasteiger partial charge in [0.05, 0.1) is 6.42 Å². The van der Waals surface area contributed by atoms with Crippen LogP contribution in [0.2, 0.25) is 0 Å². The summed E-state index contributed by atoms with van der Waals surface area (Å²) in [7, 11) is 1.79. The first-order valence-electron chi connectivity index (χ1n) is 5.25. The van der Waals surface area contributed by atoms with E-state index in [2.05, 4.69) is 15.9 Å². The summed E-state index contributed by atoms with van der Waals surface area (Å²) in [4.78, 5) is 13.6. The molecule has 0 saturated heterocycles. The Morgan fingerprint density at radius 1 is 1.47 bits per heavy atom. The molecule has 0 fully saturated rings. The van der Waals surface area contributed by atoms with Crippen LogP contribution < -0.4 is 5.73 Å². The van der Waals surface area contributed by atoms with Gasteiger partial charge < -0.3 is 10.6 Å². The second-order valence-electron chi connectivity index (χ2n) is 3.86. The van der Waals surface area contributed by atoms with E-state index in [1.165, 1.54) is 0 Å². The fourth-order valence-corrected chi connectivity index (χ4v) is 1.76. The van der Waals surface area contributed by atoms with Crippen LogP contribution in [0.15, 0.2) is 28.7 Å². The van der Waals surface area contributed by atoms with Crippen molar-refractivity contribution in [1.29, 1.82) is 0 Å². The highest BCUT2D eigenvalue weighted by molar-refractivity contribution is 9.10. The van der Waals surface area contributed by atoms with Gasteiger partial charge in [-0.1, -0.05) is 34.1 Å². The topological polar surface area (TPSA) is 46.3 Å². The van der Waals surface area contributed by atoms with Crippen molar-refractivity contribution in [2.45, 2.75) is 19.4 Å². The molecule has 0 aromatic heterocycles. The number of nitrogens with two attached hydrogens (primary N) is 1. The van der Waals surface area contributed by atoms with Crippen molar-refractivity contribution in [3.63, 3.8) is 0 Å². The number of likely N-dealkylation sites (N-methyl/N-ethyl adjacent to an activating group) is 1. The Labute approximate surface area is 117 Å². The Morgan fingerprint density at radius 2 is 2.06 bits per heavy atom. The highest BCUT2D eigenvalue weighted by Crippen LogP contribution is 2.17. The van der Waals surface area contributed by atoms with E-state index in [9.17, 15) is 4.79 Å². The number of hydrogen-bond acceptors (Lipinski definition) is 2. The molecule has 1 amide bonds. The van der Waals surface area contributed by atoms with E-state index in [4.69, 9.17) is 5.73 Å². The van der Waals surface area contributed by atoms with Crippen molar-refractivity contribution in [3.05, 3.63) is 34.3 Å². The summed E-state index contributed by atoms with van der Waals surface area (Å²) in [5.41, 5.74) is 6.53. The molecule has 0 saturated carbocycles. The van der Waals surface area contributed by atoms with Crippen LogP contribution in [0.1, 0.15) is 12.5 Å². The zero-order chi connectivity index (χ0) is 12.1. The number of carbonyl (C=O) groups is 1. The van der Waals surface area contributed by atoms with Crippen LogP contribution in [0, 0.1) is 0 Å². The van der Waals surface area contributed by atoms with E-state index in [1.54, 1.807) is 11.9 Å². The minimum absolute atomic E-state index is 0. The smallest absolute Gasteiger partial charge is 0.227 e. The van der Waals surface area contributed by atoms with Gasteiger partial charge in [0.2, 0.25) is 5.91 Å². The molecule has 3 nitrogen and oxygen atoms in total. The molecular weight excluding hydrogens is 304 g/mol. The maximum atomic E-state index is 11.9. The molecular formula is C12H18BrClN2O. The molecule has 0 heterocycles. The third kappa shape index (κ3) is 4.66. The number of nitrogens with zero attached hydrogens (tertiary/aromatic N) is 1. The third-order valence-electron chi connectivity index (χ3n) is 2.70. The molecule has 0 spiro atoms. The summed E-state index contributed by atoms with van der Waals surface area (Å²) < 4.78 is 0.970. The number of halogens is 2. The lowest BCUT2D eigenvalue weighted by Gasteiger charge is -2.23. The van der Waals surface area contributed by atoms with E-state index in [0.717, 1.165) is 10.0 Å². The van der Waals surface area contributed by atoms with Crippen molar-refractivity contribution in [1.82, 2.24) is 4.90 Å². The molecule has 1 aromatic carbocycles. The molecule has 2 N–H and O–H groups in total. The lowest BCUT2D eigenvalue weighted by Crippen LogP contribution is -2.40. The monoisotopic (exact) mass is 320 g/mol. The second kappa shape index (κ2) is 7.69. The lowest BCUT2D eigenvalue weighted by molar-refractivity contribution is -0.130. The molecule has 0 radical (unpaired) electrons. The summed E-state index contributed by atoms with van der Waals surface area (Å²) >= 11 is 3.43. The van der Waals surface area contributed by atoms with Gasteiger partial charge in [-0.3, -0.25) is 4.79 Å².